The first-order valence-electron chi connectivity index (χ1n) is 7.98. The van der Waals surface area contributed by atoms with Crippen molar-refractivity contribution in [2.24, 2.45) is 0 Å². The molecule has 0 bridgehead atoms. The van der Waals surface area contributed by atoms with Gasteiger partial charge in [-0.05, 0) is 53.7 Å². The van der Waals surface area contributed by atoms with Crippen LogP contribution in [0, 0.1) is 11.6 Å². The van der Waals surface area contributed by atoms with E-state index in [4.69, 9.17) is 16.3 Å². The van der Waals surface area contributed by atoms with E-state index in [0.717, 1.165) is 25.6 Å². The molecule has 1 heterocycles. The quantitative estimate of drug-likeness (QED) is 0.648. The second-order valence-electron chi connectivity index (χ2n) is 6.24. The summed E-state index contributed by atoms with van der Waals surface area (Å²) in [6.07, 6.45) is 0.768. The van der Waals surface area contributed by atoms with Gasteiger partial charge in [0.2, 0.25) is 0 Å². The smallest absolute Gasteiger partial charge is 0.264 e. The predicted molar refractivity (Wildman–Crippen MR) is 103 cm³/mol. The largest absolute Gasteiger partial charge is 0.487 e. The Labute approximate surface area is 169 Å². The Kier molecular flexibility index (Phi) is 5.95. The van der Waals surface area contributed by atoms with Crippen LogP contribution in [0.1, 0.15) is 6.42 Å². The maximum Gasteiger partial charge on any atom is 0.264 e. The Hall–Kier alpha value is -1.42. The molecule has 0 radical (unpaired) electrons. The molecule has 1 saturated heterocycles. The fraction of sp³-hybridized carbons (Fsp3) is 0.294. The molecule has 0 unspecified atom stereocenters. The van der Waals surface area contributed by atoms with E-state index in [1.54, 1.807) is 0 Å². The van der Waals surface area contributed by atoms with Crippen LogP contribution in [0.5, 0.6) is 5.75 Å². The molecule has 5 nitrogen and oxygen atoms in total. The van der Waals surface area contributed by atoms with E-state index in [-0.39, 0.29) is 16.3 Å². The molecule has 27 heavy (non-hydrogen) atoms. The van der Waals surface area contributed by atoms with Crippen molar-refractivity contribution in [2.75, 3.05) is 24.9 Å². The number of rotatable bonds is 5. The van der Waals surface area contributed by atoms with Crippen LogP contribution in [-0.4, -0.2) is 39.6 Å². The molecule has 0 amide bonds. The number of ether oxygens (including phenoxy) is 1. The zero-order chi connectivity index (χ0) is 19.8. The summed E-state index contributed by atoms with van der Waals surface area (Å²) in [7, 11) is -2.37. The van der Waals surface area contributed by atoms with Gasteiger partial charge in [-0.1, -0.05) is 11.6 Å². The molecular weight excluding hydrogens is 466 g/mol. The number of sulfonamides is 1. The molecule has 1 aliphatic rings. The Morgan fingerprint density at radius 2 is 2.00 bits per heavy atom. The molecule has 0 aliphatic carbocycles. The number of nitrogens with zero attached hydrogens (tertiary/aromatic N) is 1. The molecule has 1 fully saturated rings. The van der Waals surface area contributed by atoms with Crippen LogP contribution in [0.3, 0.4) is 0 Å². The monoisotopic (exact) mass is 480 g/mol. The summed E-state index contributed by atoms with van der Waals surface area (Å²) in [4.78, 5) is 1.31. The molecule has 1 aliphatic heterocycles. The van der Waals surface area contributed by atoms with E-state index in [1.165, 1.54) is 18.2 Å². The molecule has 2 aromatic rings. The van der Waals surface area contributed by atoms with Gasteiger partial charge >= 0.3 is 0 Å². The summed E-state index contributed by atoms with van der Waals surface area (Å²) in [5.74, 6) is -1.64. The van der Waals surface area contributed by atoms with Crippen LogP contribution in [0.4, 0.5) is 14.5 Å². The van der Waals surface area contributed by atoms with Crippen LogP contribution < -0.4 is 9.46 Å². The lowest BCUT2D eigenvalue weighted by atomic mass is 10.3. The second kappa shape index (κ2) is 7.90. The highest BCUT2D eigenvalue weighted by Crippen LogP contribution is 2.32. The van der Waals surface area contributed by atoms with Crippen molar-refractivity contribution in [3.63, 3.8) is 0 Å². The minimum absolute atomic E-state index is 0.0580. The minimum atomic E-state index is -4.34. The number of hydrogen-bond acceptors (Lipinski definition) is 4. The zero-order valence-electron chi connectivity index (χ0n) is 14.2. The van der Waals surface area contributed by atoms with E-state index in [1.807, 2.05) is 7.05 Å². The molecular formula is C17H16BrClF2N2O3S. The summed E-state index contributed by atoms with van der Waals surface area (Å²) < 4.78 is 60.5. The van der Waals surface area contributed by atoms with Gasteiger partial charge in [0.1, 0.15) is 28.4 Å². The van der Waals surface area contributed by atoms with Gasteiger partial charge in [0.15, 0.2) is 0 Å². The highest BCUT2D eigenvalue weighted by atomic mass is 79.9. The number of likely N-dealkylation sites (tertiary alicyclic amines) is 1. The van der Waals surface area contributed by atoms with Crippen LogP contribution in [0.25, 0.3) is 0 Å². The summed E-state index contributed by atoms with van der Waals surface area (Å²) in [6, 6.07) is 5.69. The van der Waals surface area contributed by atoms with Gasteiger partial charge < -0.3 is 9.64 Å². The SMILES string of the molecule is CN1CC[C@@H](Oc2cc(NS(=O)(=O)c3cc(F)c(Br)cc3F)ccc2Cl)C1. The average Bonchev–Trinajstić information content (AvgIpc) is 2.98. The molecule has 1 N–H and O–H groups in total. The van der Waals surface area contributed by atoms with Gasteiger partial charge in [0.05, 0.1) is 15.2 Å². The molecule has 0 aromatic heterocycles. The number of benzene rings is 2. The number of nitrogens with one attached hydrogen (secondary N) is 1. The molecule has 0 spiro atoms. The van der Waals surface area contributed by atoms with Crippen LogP contribution in [0.15, 0.2) is 39.7 Å². The summed E-state index contributed by atoms with van der Waals surface area (Å²) in [6.45, 7) is 1.62. The van der Waals surface area contributed by atoms with Gasteiger partial charge in [-0.2, -0.15) is 0 Å². The highest BCUT2D eigenvalue weighted by molar-refractivity contribution is 9.10. The van der Waals surface area contributed by atoms with Crippen LogP contribution in [-0.2, 0) is 10.0 Å². The molecule has 146 valence electrons. The lowest BCUT2D eigenvalue weighted by Crippen LogP contribution is -2.21. The normalized spacial score (nSPS) is 17.9. The molecule has 1 atom stereocenters. The zero-order valence-corrected chi connectivity index (χ0v) is 17.3. The molecule has 3 rings (SSSR count). The standard InChI is InChI=1S/C17H16BrClF2N2O3S/c1-23-5-4-11(9-23)26-16-6-10(2-3-13(16)19)22-27(24,25)17-8-14(20)12(18)7-15(17)21/h2-3,6-8,11,22H,4-5,9H2,1H3/t11-/m1/s1. The Morgan fingerprint density at radius 1 is 1.26 bits per heavy atom. The maximum absolute atomic E-state index is 14.0. The summed E-state index contributed by atoms with van der Waals surface area (Å²) >= 11 is 8.94. The summed E-state index contributed by atoms with van der Waals surface area (Å²) in [5, 5.41) is 0.327. The van der Waals surface area contributed by atoms with Crippen molar-refractivity contribution in [3.05, 3.63) is 51.5 Å². The first kappa shape index (κ1) is 20.3. The number of anilines is 1. The number of likely N-dealkylation sites (N-methyl/N-ethyl adjacent to an activating group) is 1. The van der Waals surface area contributed by atoms with Crippen LogP contribution in [0.2, 0.25) is 5.02 Å². The van der Waals surface area contributed by atoms with E-state index in [9.17, 15) is 17.2 Å². The van der Waals surface area contributed by atoms with Gasteiger partial charge in [-0.3, -0.25) is 4.72 Å². The van der Waals surface area contributed by atoms with Gasteiger partial charge in [0.25, 0.3) is 10.0 Å². The maximum atomic E-state index is 14.0. The topological polar surface area (TPSA) is 58.6 Å². The third kappa shape index (κ3) is 4.71. The minimum Gasteiger partial charge on any atom is -0.487 e. The van der Waals surface area contributed by atoms with Crippen molar-refractivity contribution in [1.82, 2.24) is 4.90 Å². The lowest BCUT2D eigenvalue weighted by Gasteiger charge is -2.16. The lowest BCUT2D eigenvalue weighted by molar-refractivity contribution is 0.208. The van der Waals surface area contributed by atoms with E-state index in [2.05, 4.69) is 25.6 Å². The van der Waals surface area contributed by atoms with Crippen molar-refractivity contribution in [2.45, 2.75) is 17.4 Å². The summed E-state index contributed by atoms with van der Waals surface area (Å²) in [5.41, 5.74) is 0.128. The third-order valence-corrected chi connectivity index (χ3v) is 6.41. The Bertz CT molecular complexity index is 975. The first-order valence-corrected chi connectivity index (χ1v) is 10.6. The van der Waals surface area contributed by atoms with Crippen molar-refractivity contribution < 1.29 is 21.9 Å². The van der Waals surface area contributed by atoms with Gasteiger partial charge in [0, 0.05) is 19.2 Å². The fourth-order valence-corrected chi connectivity index (χ4v) is 4.35. The van der Waals surface area contributed by atoms with Crippen LogP contribution >= 0.6 is 27.5 Å². The fourth-order valence-electron chi connectivity index (χ4n) is 2.75. The number of hydrogen-bond donors (Lipinski definition) is 1. The predicted octanol–water partition coefficient (Wildman–Crippen LogP) is 4.26. The third-order valence-electron chi connectivity index (χ3n) is 4.09. The Morgan fingerprint density at radius 3 is 2.67 bits per heavy atom. The molecule has 10 heteroatoms. The van der Waals surface area contributed by atoms with Crippen molar-refractivity contribution in [3.8, 4) is 5.75 Å². The van der Waals surface area contributed by atoms with Gasteiger partial charge in [-0.15, -0.1) is 0 Å². The van der Waals surface area contributed by atoms with E-state index in [0.29, 0.717) is 16.8 Å². The van der Waals surface area contributed by atoms with Crippen molar-refractivity contribution in [1.29, 1.82) is 0 Å². The van der Waals surface area contributed by atoms with Gasteiger partial charge in [-0.25, -0.2) is 17.2 Å². The second-order valence-corrected chi connectivity index (χ2v) is 9.15. The average molecular weight is 482 g/mol. The Balaban J connectivity index is 1.85. The number of halogens is 4. The van der Waals surface area contributed by atoms with E-state index < -0.39 is 26.6 Å². The van der Waals surface area contributed by atoms with Crippen molar-refractivity contribution >= 4 is 43.2 Å². The molecule has 2 aromatic carbocycles. The first-order chi connectivity index (χ1) is 12.7. The molecule has 0 saturated carbocycles. The van der Waals surface area contributed by atoms with E-state index >= 15 is 0 Å². The highest BCUT2D eigenvalue weighted by Gasteiger charge is 2.24.